The van der Waals surface area contributed by atoms with Crippen molar-refractivity contribution in [2.24, 2.45) is 0 Å². The Labute approximate surface area is 226 Å². The molecule has 0 bridgehead atoms. The van der Waals surface area contributed by atoms with Crippen LogP contribution in [0.1, 0.15) is 37.3 Å². The molecule has 1 unspecified atom stereocenters. The molecule has 1 atom stereocenters. The molecular weight excluding hydrogens is 502 g/mol. The molecule has 0 aliphatic rings. The molecule has 0 saturated heterocycles. The molecule has 10 heteroatoms. The van der Waals surface area contributed by atoms with Gasteiger partial charge in [-0.25, -0.2) is 4.68 Å². The first-order valence-corrected chi connectivity index (χ1v) is 13.2. The van der Waals surface area contributed by atoms with Gasteiger partial charge in [0.15, 0.2) is 11.5 Å². The van der Waals surface area contributed by atoms with Gasteiger partial charge in [-0.05, 0) is 68.5 Å². The highest BCUT2D eigenvalue weighted by molar-refractivity contribution is 7.10. The van der Waals surface area contributed by atoms with Crippen molar-refractivity contribution < 1.29 is 19.1 Å². The van der Waals surface area contributed by atoms with Gasteiger partial charge in [-0.15, -0.1) is 16.4 Å². The van der Waals surface area contributed by atoms with Crippen molar-refractivity contribution in [1.82, 2.24) is 25.2 Å². The van der Waals surface area contributed by atoms with Crippen LogP contribution in [-0.4, -0.2) is 58.0 Å². The van der Waals surface area contributed by atoms with Crippen LogP contribution < -0.4 is 14.8 Å². The summed E-state index contributed by atoms with van der Waals surface area (Å²) in [5.41, 5.74) is 1.95. The Hall–Kier alpha value is -3.92. The van der Waals surface area contributed by atoms with Crippen LogP contribution in [0.2, 0.25) is 0 Å². The number of methoxy groups -OCH3 is 2. The van der Waals surface area contributed by atoms with Crippen LogP contribution in [0.4, 0.5) is 0 Å². The zero-order valence-corrected chi connectivity index (χ0v) is 23.1. The van der Waals surface area contributed by atoms with E-state index in [2.05, 4.69) is 15.6 Å². The van der Waals surface area contributed by atoms with Crippen molar-refractivity contribution in [2.75, 3.05) is 20.8 Å². The van der Waals surface area contributed by atoms with E-state index in [4.69, 9.17) is 9.47 Å². The second-order valence-corrected chi connectivity index (χ2v) is 10.9. The Morgan fingerprint density at radius 2 is 1.82 bits per heavy atom. The summed E-state index contributed by atoms with van der Waals surface area (Å²) in [4.78, 5) is 30.0. The fourth-order valence-electron chi connectivity index (χ4n) is 4.25. The lowest BCUT2D eigenvalue weighted by Crippen LogP contribution is -2.50. The van der Waals surface area contributed by atoms with Crippen molar-refractivity contribution in [1.29, 1.82) is 0 Å². The summed E-state index contributed by atoms with van der Waals surface area (Å²) in [6.45, 7) is 6.04. The molecule has 2 heterocycles. The molecule has 4 aromatic rings. The molecular formula is C28H33N5O4S. The maximum absolute atomic E-state index is 13.9. The average molecular weight is 536 g/mol. The third-order valence-electron chi connectivity index (χ3n) is 5.99. The number of fused-ring (bicyclic) bond motifs is 1. The predicted molar refractivity (Wildman–Crippen MR) is 147 cm³/mol. The minimum atomic E-state index is -0.795. The van der Waals surface area contributed by atoms with Gasteiger partial charge in [0.1, 0.15) is 18.1 Å². The summed E-state index contributed by atoms with van der Waals surface area (Å²) in [5.74, 6) is 0.771. The van der Waals surface area contributed by atoms with Gasteiger partial charge in [-0.1, -0.05) is 29.5 Å². The highest BCUT2D eigenvalue weighted by atomic mass is 32.1. The van der Waals surface area contributed by atoms with Crippen molar-refractivity contribution in [2.45, 2.75) is 45.3 Å². The van der Waals surface area contributed by atoms with Crippen molar-refractivity contribution in [3.8, 4) is 11.5 Å². The third-order valence-corrected chi connectivity index (χ3v) is 6.91. The average Bonchev–Trinajstić information content (AvgIpc) is 3.55. The zero-order valence-electron chi connectivity index (χ0n) is 22.3. The van der Waals surface area contributed by atoms with Crippen LogP contribution in [0.5, 0.6) is 11.5 Å². The topological polar surface area (TPSA) is 98.6 Å². The largest absolute Gasteiger partial charge is 0.493 e. The number of nitrogens with one attached hydrogen (secondary N) is 1. The number of thiophene rings is 1. The summed E-state index contributed by atoms with van der Waals surface area (Å²) < 4.78 is 12.4. The lowest BCUT2D eigenvalue weighted by Gasteiger charge is -2.33. The van der Waals surface area contributed by atoms with E-state index in [-0.39, 0.29) is 18.4 Å². The van der Waals surface area contributed by atoms with E-state index in [1.807, 2.05) is 80.7 Å². The van der Waals surface area contributed by atoms with E-state index in [9.17, 15) is 9.59 Å². The molecule has 38 heavy (non-hydrogen) atoms. The van der Waals surface area contributed by atoms with E-state index < -0.39 is 11.6 Å². The molecule has 0 radical (unpaired) electrons. The van der Waals surface area contributed by atoms with E-state index in [1.165, 1.54) is 11.3 Å². The summed E-state index contributed by atoms with van der Waals surface area (Å²) in [5, 5.41) is 13.3. The second-order valence-electron chi connectivity index (χ2n) is 9.92. The van der Waals surface area contributed by atoms with Crippen molar-refractivity contribution >= 4 is 34.2 Å². The van der Waals surface area contributed by atoms with Gasteiger partial charge in [0.25, 0.3) is 0 Å². The zero-order chi connectivity index (χ0) is 27.3. The maximum atomic E-state index is 13.9. The van der Waals surface area contributed by atoms with Gasteiger partial charge in [-0.2, -0.15) is 0 Å². The summed E-state index contributed by atoms with van der Waals surface area (Å²) in [6.07, 6.45) is 0.509. The number of aromatic nitrogens is 3. The fourth-order valence-corrected chi connectivity index (χ4v) is 5.08. The van der Waals surface area contributed by atoms with Gasteiger partial charge in [0, 0.05) is 17.0 Å². The monoisotopic (exact) mass is 535 g/mol. The minimum absolute atomic E-state index is 0.0445. The smallest absolute Gasteiger partial charge is 0.248 e. The van der Waals surface area contributed by atoms with Crippen LogP contribution in [0.3, 0.4) is 0 Å². The Morgan fingerprint density at radius 1 is 1.05 bits per heavy atom. The van der Waals surface area contributed by atoms with Crippen LogP contribution in [-0.2, 0) is 22.6 Å². The molecule has 4 rings (SSSR count). The first kappa shape index (κ1) is 27.1. The summed E-state index contributed by atoms with van der Waals surface area (Å²) >= 11 is 1.45. The molecule has 2 aromatic carbocycles. The molecule has 1 N–H and O–H groups in total. The lowest BCUT2D eigenvalue weighted by molar-refractivity contribution is -0.142. The Morgan fingerprint density at radius 3 is 2.50 bits per heavy atom. The predicted octanol–water partition coefficient (Wildman–Crippen LogP) is 4.24. The normalized spacial score (nSPS) is 12.2. The number of nitrogens with zero attached hydrogens (tertiary/aromatic N) is 4. The Bertz CT molecular complexity index is 1390. The number of amides is 2. The van der Waals surface area contributed by atoms with Crippen LogP contribution >= 0.6 is 11.3 Å². The number of ether oxygens (including phenoxy) is 2. The molecule has 0 aliphatic heterocycles. The molecule has 9 nitrogen and oxygen atoms in total. The van der Waals surface area contributed by atoms with E-state index in [0.29, 0.717) is 30.0 Å². The van der Waals surface area contributed by atoms with E-state index >= 15 is 0 Å². The number of benzene rings is 2. The Kier molecular flexibility index (Phi) is 8.31. The van der Waals surface area contributed by atoms with Crippen LogP contribution in [0.25, 0.3) is 11.0 Å². The highest BCUT2D eigenvalue weighted by Gasteiger charge is 2.34. The van der Waals surface area contributed by atoms with Crippen molar-refractivity contribution in [3.63, 3.8) is 0 Å². The molecule has 200 valence electrons. The van der Waals surface area contributed by atoms with Gasteiger partial charge in [-0.3, -0.25) is 9.59 Å². The number of carbonyl (C=O) groups excluding carboxylic acids is 2. The number of hydrogen-bond acceptors (Lipinski definition) is 7. The van der Waals surface area contributed by atoms with E-state index in [1.54, 1.807) is 23.8 Å². The quantitative estimate of drug-likeness (QED) is 0.326. The number of rotatable bonds is 10. The number of hydrogen-bond donors (Lipinski definition) is 1. The number of carbonyl (C=O) groups is 2. The van der Waals surface area contributed by atoms with Gasteiger partial charge in [0.05, 0.1) is 19.7 Å². The first-order chi connectivity index (χ1) is 18.2. The fraction of sp³-hybridized carbons (Fsp3) is 0.357. The molecule has 0 fully saturated rings. The van der Waals surface area contributed by atoms with Gasteiger partial charge >= 0.3 is 0 Å². The van der Waals surface area contributed by atoms with E-state index in [0.717, 1.165) is 16.0 Å². The van der Waals surface area contributed by atoms with Gasteiger partial charge < -0.3 is 19.7 Å². The molecule has 0 saturated carbocycles. The minimum Gasteiger partial charge on any atom is -0.493 e. The third kappa shape index (κ3) is 6.31. The second kappa shape index (κ2) is 11.6. The van der Waals surface area contributed by atoms with Crippen LogP contribution in [0, 0.1) is 0 Å². The van der Waals surface area contributed by atoms with Crippen molar-refractivity contribution in [3.05, 3.63) is 70.4 Å². The molecule has 0 spiro atoms. The molecule has 2 aromatic heterocycles. The highest BCUT2D eigenvalue weighted by Crippen LogP contribution is 2.30. The maximum Gasteiger partial charge on any atom is 0.248 e. The molecule has 2 amide bonds. The number of para-hydroxylation sites is 1. The summed E-state index contributed by atoms with van der Waals surface area (Å²) in [6, 6.07) is 16.1. The first-order valence-electron chi connectivity index (χ1n) is 12.3. The van der Waals surface area contributed by atoms with Gasteiger partial charge in [0.2, 0.25) is 11.8 Å². The van der Waals surface area contributed by atoms with Crippen LogP contribution in [0.15, 0.2) is 60.0 Å². The molecule has 0 aliphatic carbocycles. The SMILES string of the molecule is COc1ccc(CCN(C(=O)Cn2nnc3ccccc32)C(C(=O)NC(C)(C)C)c2cccs2)cc1OC. The Balaban J connectivity index is 1.68. The lowest BCUT2D eigenvalue weighted by atomic mass is 10.1. The summed E-state index contributed by atoms with van der Waals surface area (Å²) in [7, 11) is 3.18. The standard InChI is InChI=1S/C28H33N5O4S/c1-28(2,3)29-27(35)26(24-11-8-16-38-24)32(15-14-19-12-13-22(36-4)23(17-19)37-5)25(34)18-33-21-10-7-6-9-20(21)30-31-33/h6-13,16-17,26H,14-15,18H2,1-5H3,(H,29,35).